The van der Waals surface area contributed by atoms with Crippen LogP contribution in [-0.2, 0) is 0 Å². The van der Waals surface area contributed by atoms with Gasteiger partial charge in [0.15, 0.2) is 11.6 Å². The second kappa shape index (κ2) is 8.87. The fourth-order valence-corrected chi connectivity index (χ4v) is 5.32. The Morgan fingerprint density at radius 3 is 2.54 bits per heavy atom. The number of fused-ring (bicyclic) bond motifs is 1. The monoisotopic (exact) mass is 527 g/mol. The molecule has 1 N–H and O–H groups in total. The summed E-state index contributed by atoms with van der Waals surface area (Å²) in [5, 5.41) is 13.1. The Morgan fingerprint density at radius 1 is 1.14 bits per heavy atom. The molecule has 5 rings (SSSR count). The molecule has 1 saturated carbocycles. The van der Waals surface area contributed by atoms with Crippen molar-refractivity contribution < 1.29 is 31.9 Å². The van der Waals surface area contributed by atoms with Gasteiger partial charge in [0.2, 0.25) is 0 Å². The highest BCUT2D eigenvalue weighted by molar-refractivity contribution is 7.99. The minimum Gasteiger partial charge on any atom is -0.478 e. The highest BCUT2D eigenvalue weighted by atomic mass is 35.5. The number of aromatic carboxylic acids is 1. The first-order valence-electron chi connectivity index (χ1n) is 10.4. The number of carboxylic acid groups (broad SMARTS) is 1. The van der Waals surface area contributed by atoms with Gasteiger partial charge in [0.05, 0.1) is 34.2 Å². The third-order valence-corrected chi connectivity index (χ3v) is 7.15. The van der Waals surface area contributed by atoms with E-state index in [1.54, 1.807) is 6.07 Å². The van der Waals surface area contributed by atoms with Gasteiger partial charge < -0.3 is 9.67 Å². The van der Waals surface area contributed by atoms with E-state index in [2.05, 4.69) is 5.10 Å². The van der Waals surface area contributed by atoms with E-state index in [1.807, 2.05) is 0 Å². The number of benzene rings is 2. The zero-order chi connectivity index (χ0) is 25.0. The van der Waals surface area contributed by atoms with Crippen molar-refractivity contribution in [3.63, 3.8) is 0 Å². The summed E-state index contributed by atoms with van der Waals surface area (Å²) >= 11 is 6.97. The number of hydrogen-bond acceptors (Lipinski definition) is 3. The second-order valence-corrected chi connectivity index (χ2v) is 9.45. The molecule has 2 heterocycles. The Morgan fingerprint density at radius 2 is 1.89 bits per heavy atom. The molecule has 182 valence electrons. The molecule has 5 nitrogen and oxygen atoms in total. The second-order valence-electron chi connectivity index (χ2n) is 7.99. The fourth-order valence-electron chi connectivity index (χ4n) is 3.96. The van der Waals surface area contributed by atoms with E-state index in [0.717, 1.165) is 43.1 Å². The van der Waals surface area contributed by atoms with Crippen LogP contribution in [0.15, 0.2) is 52.5 Å². The third kappa shape index (κ3) is 4.06. The average Bonchev–Trinajstić information content (AvgIpc) is 3.44. The van der Waals surface area contributed by atoms with Crippen molar-refractivity contribution in [2.24, 2.45) is 0 Å². The van der Waals surface area contributed by atoms with E-state index < -0.39 is 35.9 Å². The summed E-state index contributed by atoms with van der Waals surface area (Å²) in [6.07, 6.45) is -2.36. The van der Waals surface area contributed by atoms with Gasteiger partial charge in [0.25, 0.3) is 12.7 Å². The quantitative estimate of drug-likeness (QED) is 0.258. The molecule has 12 heteroatoms. The van der Waals surface area contributed by atoms with Gasteiger partial charge in [-0.25, -0.2) is 31.4 Å². The van der Waals surface area contributed by atoms with Crippen LogP contribution in [-0.4, -0.2) is 31.8 Å². The molecular formula is C23H15ClF5N3O2S. The summed E-state index contributed by atoms with van der Waals surface area (Å²) in [5.74, 6) is -3.24. The van der Waals surface area contributed by atoms with Crippen LogP contribution in [0.5, 0.6) is 0 Å². The summed E-state index contributed by atoms with van der Waals surface area (Å²) in [7, 11) is 0. The molecule has 1 aliphatic rings. The van der Waals surface area contributed by atoms with Crippen LogP contribution in [0.3, 0.4) is 0 Å². The van der Waals surface area contributed by atoms with Crippen molar-refractivity contribution in [2.75, 3.05) is 0 Å². The van der Waals surface area contributed by atoms with Crippen molar-refractivity contribution in [3.8, 4) is 5.69 Å². The largest absolute Gasteiger partial charge is 0.478 e. The van der Waals surface area contributed by atoms with Crippen LogP contribution in [0.2, 0.25) is 5.02 Å². The Bertz CT molecular complexity index is 1470. The highest BCUT2D eigenvalue weighted by Gasteiger charge is 2.35. The van der Waals surface area contributed by atoms with Crippen LogP contribution in [0.25, 0.3) is 16.6 Å². The van der Waals surface area contributed by atoms with Crippen molar-refractivity contribution in [2.45, 2.75) is 41.3 Å². The van der Waals surface area contributed by atoms with E-state index in [4.69, 9.17) is 11.6 Å². The molecule has 0 amide bonds. The number of alkyl halides is 3. The number of halogens is 6. The molecule has 0 aliphatic heterocycles. The van der Waals surface area contributed by atoms with E-state index in [-0.39, 0.29) is 27.0 Å². The van der Waals surface area contributed by atoms with E-state index in [9.17, 15) is 27.5 Å². The molecule has 2 aromatic carbocycles. The van der Waals surface area contributed by atoms with Gasteiger partial charge in [0, 0.05) is 26.8 Å². The Labute approximate surface area is 204 Å². The number of rotatable bonds is 7. The molecule has 0 radical (unpaired) electrons. The van der Waals surface area contributed by atoms with Gasteiger partial charge in [-0.3, -0.25) is 0 Å². The lowest BCUT2D eigenvalue weighted by Crippen LogP contribution is -2.12. The molecule has 4 aromatic rings. The van der Waals surface area contributed by atoms with E-state index in [1.165, 1.54) is 22.8 Å². The molecule has 35 heavy (non-hydrogen) atoms. The smallest absolute Gasteiger partial charge is 0.338 e. The number of hydrogen-bond donors (Lipinski definition) is 1. The Balaban J connectivity index is 1.75. The molecule has 1 aliphatic carbocycles. The van der Waals surface area contributed by atoms with Crippen LogP contribution >= 0.6 is 23.4 Å². The predicted octanol–water partition coefficient (Wildman–Crippen LogP) is 7.22. The summed E-state index contributed by atoms with van der Waals surface area (Å²) in [4.78, 5) is 11.9. The molecule has 2 aromatic heterocycles. The van der Waals surface area contributed by atoms with Gasteiger partial charge in [-0.05, 0) is 37.1 Å². The summed E-state index contributed by atoms with van der Waals surface area (Å²) in [6.45, 7) is 0. The maximum absolute atomic E-state index is 15.4. The first-order valence-corrected chi connectivity index (χ1v) is 11.6. The predicted molar refractivity (Wildman–Crippen MR) is 120 cm³/mol. The van der Waals surface area contributed by atoms with Gasteiger partial charge in [-0.1, -0.05) is 29.4 Å². The highest BCUT2D eigenvalue weighted by Crippen LogP contribution is 2.51. The molecule has 0 spiro atoms. The lowest BCUT2D eigenvalue weighted by Gasteiger charge is -2.11. The van der Waals surface area contributed by atoms with Crippen LogP contribution in [0, 0.1) is 11.6 Å². The molecule has 1 atom stereocenters. The maximum atomic E-state index is 15.4. The fraction of sp³-hybridized carbons (Fsp3) is 0.217. The number of carboxylic acids is 1. The molecule has 1 unspecified atom stereocenters. The zero-order valence-corrected chi connectivity index (χ0v) is 19.1. The first kappa shape index (κ1) is 23.7. The molecule has 1 fully saturated rings. The maximum Gasteiger partial charge on any atom is 0.338 e. The topological polar surface area (TPSA) is 60.0 Å². The number of carbonyl (C=O) groups is 1. The Hall–Kier alpha value is -3.05. The van der Waals surface area contributed by atoms with Crippen molar-refractivity contribution in [3.05, 3.63) is 70.6 Å². The summed E-state index contributed by atoms with van der Waals surface area (Å²) < 4.78 is 71.9. The van der Waals surface area contributed by atoms with Crippen LogP contribution < -0.4 is 0 Å². The molecule has 0 bridgehead atoms. The minimum absolute atomic E-state index is 0.00343. The first-order chi connectivity index (χ1) is 16.7. The van der Waals surface area contributed by atoms with Crippen molar-refractivity contribution in [1.82, 2.24) is 14.3 Å². The van der Waals surface area contributed by atoms with Crippen LogP contribution in [0.4, 0.5) is 22.0 Å². The van der Waals surface area contributed by atoms with Crippen molar-refractivity contribution >= 4 is 40.2 Å². The number of nitrogens with zero attached hydrogens (tertiary/aromatic N) is 3. The molecular weight excluding hydrogens is 513 g/mol. The van der Waals surface area contributed by atoms with Crippen LogP contribution in [0.1, 0.15) is 41.1 Å². The standard InChI is InChI=1S/C23H15ClF5N3O2S/c24-14-7-6-13-19(17(14)26)32(11-8-30-31(9-11)22(29)21(27)28)18(10-4-5-10)20(13)35-15-3-1-2-12(16(15)25)23(33)34/h1-3,6-10,21-22H,4-5H2,(H,33,34). The summed E-state index contributed by atoms with van der Waals surface area (Å²) in [6, 6.07) is 6.83. The van der Waals surface area contributed by atoms with E-state index >= 15 is 4.39 Å². The number of aromatic nitrogens is 3. The van der Waals surface area contributed by atoms with Gasteiger partial charge >= 0.3 is 5.97 Å². The zero-order valence-electron chi connectivity index (χ0n) is 17.6. The average molecular weight is 528 g/mol. The lowest BCUT2D eigenvalue weighted by atomic mass is 10.2. The Kier molecular flexibility index (Phi) is 6.00. The van der Waals surface area contributed by atoms with Crippen molar-refractivity contribution in [1.29, 1.82) is 0 Å². The SMILES string of the molecule is O=C(O)c1cccc(Sc2c(C3CC3)n(-c3cnn(C(F)C(F)F)c3)c3c(F)c(Cl)ccc23)c1F. The molecule has 0 saturated heterocycles. The van der Waals surface area contributed by atoms with E-state index in [0.29, 0.717) is 20.7 Å². The third-order valence-electron chi connectivity index (χ3n) is 5.69. The van der Waals surface area contributed by atoms with Gasteiger partial charge in [-0.15, -0.1) is 0 Å². The van der Waals surface area contributed by atoms with Gasteiger partial charge in [0.1, 0.15) is 0 Å². The minimum atomic E-state index is -3.31. The van der Waals surface area contributed by atoms with Gasteiger partial charge in [-0.2, -0.15) is 5.10 Å². The summed E-state index contributed by atoms with van der Waals surface area (Å²) in [5.41, 5.74) is 0.179. The lowest BCUT2D eigenvalue weighted by molar-refractivity contribution is 0.000763. The normalized spacial score (nSPS) is 14.7.